The predicted molar refractivity (Wildman–Crippen MR) is 134 cm³/mol. The lowest BCUT2D eigenvalue weighted by Gasteiger charge is -2.31. The number of nitrogens with zero attached hydrogens (tertiary/aromatic N) is 1. The Hall–Kier alpha value is -3.31. The molecule has 0 bridgehead atoms. The van der Waals surface area contributed by atoms with E-state index >= 15 is 0 Å². The average molecular weight is 462 g/mol. The average Bonchev–Trinajstić information content (AvgIpc) is 2.85. The van der Waals surface area contributed by atoms with Crippen LogP contribution in [-0.2, 0) is 0 Å². The molecule has 1 aliphatic heterocycles. The molecule has 1 unspecified atom stereocenters. The fraction of sp³-hybridized carbons (Fsp3) is 0.259. The molecule has 0 spiro atoms. The van der Waals surface area contributed by atoms with Crippen molar-refractivity contribution in [3.63, 3.8) is 0 Å². The number of benzene rings is 3. The Balaban J connectivity index is 1.59. The van der Waals surface area contributed by atoms with Crippen molar-refractivity contribution in [2.45, 2.75) is 32.2 Å². The Morgan fingerprint density at radius 3 is 2.27 bits per heavy atom. The number of amides is 2. The van der Waals surface area contributed by atoms with Gasteiger partial charge in [0.05, 0.1) is 11.6 Å². The van der Waals surface area contributed by atoms with Gasteiger partial charge in [-0.3, -0.25) is 9.59 Å². The van der Waals surface area contributed by atoms with Gasteiger partial charge in [-0.1, -0.05) is 41.9 Å². The molecule has 170 valence electrons. The first-order chi connectivity index (χ1) is 16.0. The lowest BCUT2D eigenvalue weighted by molar-refractivity contribution is 0.0939. The maximum atomic E-state index is 13.4. The van der Waals surface area contributed by atoms with Crippen molar-refractivity contribution in [3.8, 4) is 0 Å². The monoisotopic (exact) mass is 461 g/mol. The number of carbonyl (C=O) groups excluding carboxylic acids is 2. The SMILES string of the molecule is CC(NC(=O)c1cc(NC(=O)c2ccc(Cl)cc2)ccc1N1CCCCC1)c1ccccc1. The summed E-state index contributed by atoms with van der Waals surface area (Å²) in [7, 11) is 0. The van der Waals surface area contributed by atoms with Crippen molar-refractivity contribution in [1.82, 2.24) is 5.32 Å². The van der Waals surface area contributed by atoms with Crippen LogP contribution in [0.1, 0.15) is 58.5 Å². The van der Waals surface area contributed by atoms with Crippen LogP contribution in [0, 0.1) is 0 Å². The van der Waals surface area contributed by atoms with Gasteiger partial charge in [0.2, 0.25) is 0 Å². The highest BCUT2D eigenvalue weighted by Crippen LogP contribution is 2.28. The maximum Gasteiger partial charge on any atom is 0.255 e. The fourth-order valence-corrected chi connectivity index (χ4v) is 4.24. The third kappa shape index (κ3) is 5.74. The Kier molecular flexibility index (Phi) is 7.30. The number of anilines is 2. The first-order valence-electron chi connectivity index (χ1n) is 11.3. The molecule has 3 aromatic rings. The number of halogens is 1. The Morgan fingerprint density at radius 2 is 1.58 bits per heavy atom. The van der Waals surface area contributed by atoms with Gasteiger partial charge in [0.15, 0.2) is 0 Å². The highest BCUT2D eigenvalue weighted by Gasteiger charge is 2.21. The largest absolute Gasteiger partial charge is 0.371 e. The van der Waals surface area contributed by atoms with Gasteiger partial charge in [0.1, 0.15) is 0 Å². The van der Waals surface area contributed by atoms with Gasteiger partial charge in [0, 0.05) is 35.1 Å². The zero-order valence-corrected chi connectivity index (χ0v) is 19.4. The summed E-state index contributed by atoms with van der Waals surface area (Å²) in [6.07, 6.45) is 3.42. The second-order valence-corrected chi connectivity index (χ2v) is 8.78. The smallest absolute Gasteiger partial charge is 0.255 e. The van der Waals surface area contributed by atoms with Crippen molar-refractivity contribution in [2.75, 3.05) is 23.3 Å². The lowest BCUT2D eigenvalue weighted by atomic mass is 10.0. The van der Waals surface area contributed by atoms with Crippen LogP contribution in [-0.4, -0.2) is 24.9 Å². The molecule has 1 aliphatic rings. The molecule has 6 heteroatoms. The van der Waals surface area contributed by atoms with E-state index in [-0.39, 0.29) is 17.9 Å². The van der Waals surface area contributed by atoms with E-state index in [4.69, 9.17) is 11.6 Å². The summed E-state index contributed by atoms with van der Waals surface area (Å²) >= 11 is 5.93. The number of hydrogen-bond donors (Lipinski definition) is 2. The molecular formula is C27H28ClN3O2. The van der Waals surface area contributed by atoms with Gasteiger partial charge in [-0.2, -0.15) is 0 Å². The predicted octanol–water partition coefficient (Wildman–Crippen LogP) is 6.07. The van der Waals surface area contributed by atoms with Gasteiger partial charge in [0.25, 0.3) is 11.8 Å². The van der Waals surface area contributed by atoms with Crippen molar-refractivity contribution >= 4 is 34.8 Å². The minimum absolute atomic E-state index is 0.139. The van der Waals surface area contributed by atoms with Gasteiger partial charge in [-0.15, -0.1) is 0 Å². The molecule has 1 atom stereocenters. The summed E-state index contributed by atoms with van der Waals surface area (Å²) in [5, 5.41) is 6.60. The molecule has 2 amide bonds. The van der Waals surface area contributed by atoms with E-state index in [1.807, 2.05) is 49.4 Å². The Bertz CT molecular complexity index is 1110. The van der Waals surface area contributed by atoms with Crippen LogP contribution in [0.15, 0.2) is 72.8 Å². The van der Waals surface area contributed by atoms with Gasteiger partial charge < -0.3 is 15.5 Å². The quantitative estimate of drug-likeness (QED) is 0.468. The number of piperidine rings is 1. The third-order valence-electron chi connectivity index (χ3n) is 5.95. The molecule has 0 aromatic heterocycles. The molecule has 1 fully saturated rings. The topological polar surface area (TPSA) is 61.4 Å². The summed E-state index contributed by atoms with van der Waals surface area (Å²) in [6, 6.07) is 22.0. The van der Waals surface area contributed by atoms with Crippen LogP contribution in [0.3, 0.4) is 0 Å². The fourth-order valence-electron chi connectivity index (χ4n) is 4.11. The number of carbonyl (C=O) groups is 2. The van der Waals surface area contributed by atoms with E-state index in [1.165, 1.54) is 6.42 Å². The lowest BCUT2D eigenvalue weighted by Crippen LogP contribution is -2.33. The third-order valence-corrected chi connectivity index (χ3v) is 6.20. The highest BCUT2D eigenvalue weighted by atomic mass is 35.5. The molecule has 3 aromatic carbocycles. The van der Waals surface area contributed by atoms with Crippen LogP contribution >= 0.6 is 11.6 Å². The van der Waals surface area contributed by atoms with E-state index in [2.05, 4.69) is 15.5 Å². The second kappa shape index (κ2) is 10.5. The minimum atomic E-state index is -0.249. The van der Waals surface area contributed by atoms with Gasteiger partial charge in [-0.25, -0.2) is 0 Å². The van der Waals surface area contributed by atoms with Crippen LogP contribution in [0.5, 0.6) is 0 Å². The first kappa shape index (κ1) is 22.9. The summed E-state index contributed by atoms with van der Waals surface area (Å²) in [6.45, 7) is 3.82. The van der Waals surface area contributed by atoms with E-state index < -0.39 is 0 Å². The summed E-state index contributed by atoms with van der Waals surface area (Å²) in [4.78, 5) is 28.3. The van der Waals surface area contributed by atoms with Crippen molar-refractivity contribution in [1.29, 1.82) is 0 Å². The van der Waals surface area contributed by atoms with E-state index in [1.54, 1.807) is 30.3 Å². The van der Waals surface area contributed by atoms with Crippen LogP contribution in [0.2, 0.25) is 5.02 Å². The van der Waals surface area contributed by atoms with Crippen LogP contribution in [0.25, 0.3) is 0 Å². The Morgan fingerprint density at radius 1 is 0.879 bits per heavy atom. The van der Waals surface area contributed by atoms with Gasteiger partial charge >= 0.3 is 0 Å². The molecular weight excluding hydrogens is 434 g/mol. The molecule has 33 heavy (non-hydrogen) atoms. The zero-order valence-electron chi connectivity index (χ0n) is 18.7. The molecule has 0 radical (unpaired) electrons. The van der Waals surface area contributed by atoms with Crippen molar-refractivity contribution < 1.29 is 9.59 Å². The van der Waals surface area contributed by atoms with Crippen LogP contribution < -0.4 is 15.5 Å². The van der Waals surface area contributed by atoms with Crippen molar-refractivity contribution in [3.05, 3.63) is 94.5 Å². The highest BCUT2D eigenvalue weighted by molar-refractivity contribution is 6.30. The number of nitrogens with one attached hydrogen (secondary N) is 2. The molecule has 1 saturated heterocycles. The molecule has 0 saturated carbocycles. The molecule has 2 N–H and O–H groups in total. The van der Waals surface area contributed by atoms with E-state index in [0.717, 1.165) is 37.2 Å². The first-order valence-corrected chi connectivity index (χ1v) is 11.7. The Labute approximate surface area is 199 Å². The molecule has 4 rings (SSSR count). The van der Waals surface area contributed by atoms with Crippen LogP contribution in [0.4, 0.5) is 11.4 Å². The van der Waals surface area contributed by atoms with E-state index in [0.29, 0.717) is 21.8 Å². The number of hydrogen-bond acceptors (Lipinski definition) is 3. The van der Waals surface area contributed by atoms with Gasteiger partial charge in [-0.05, 0) is 74.2 Å². The molecule has 1 heterocycles. The summed E-state index contributed by atoms with van der Waals surface area (Å²) in [5.74, 6) is -0.407. The van der Waals surface area contributed by atoms with E-state index in [9.17, 15) is 9.59 Å². The molecule has 5 nitrogen and oxygen atoms in total. The zero-order chi connectivity index (χ0) is 23.2. The summed E-state index contributed by atoms with van der Waals surface area (Å²) < 4.78 is 0. The normalized spacial score (nSPS) is 14.4. The summed E-state index contributed by atoms with van der Waals surface area (Å²) in [5.41, 5.74) is 3.58. The minimum Gasteiger partial charge on any atom is -0.371 e. The second-order valence-electron chi connectivity index (χ2n) is 8.35. The maximum absolute atomic E-state index is 13.4. The standard InChI is InChI=1S/C27H28ClN3O2/c1-19(20-8-4-2-5-9-20)29-27(33)24-18-23(14-15-25(24)31-16-6-3-7-17-31)30-26(32)21-10-12-22(28)13-11-21/h2,4-5,8-15,18-19H,3,6-7,16-17H2,1H3,(H,29,33)(H,30,32). The molecule has 0 aliphatic carbocycles. The number of rotatable bonds is 6. The van der Waals surface area contributed by atoms with Crippen molar-refractivity contribution in [2.24, 2.45) is 0 Å².